The van der Waals surface area contributed by atoms with Gasteiger partial charge in [-0.05, 0) is 54.5 Å². The maximum absolute atomic E-state index is 13.4. The fraction of sp³-hybridized carbons (Fsp3) is 0.385. The summed E-state index contributed by atoms with van der Waals surface area (Å²) in [5.41, 5.74) is 5.42. The van der Waals surface area contributed by atoms with Crippen molar-refractivity contribution in [1.29, 1.82) is 0 Å². The van der Waals surface area contributed by atoms with Crippen molar-refractivity contribution in [2.24, 2.45) is 5.92 Å². The van der Waals surface area contributed by atoms with Gasteiger partial charge in [-0.3, -0.25) is 14.0 Å². The summed E-state index contributed by atoms with van der Waals surface area (Å²) in [6, 6.07) is 12.0. The van der Waals surface area contributed by atoms with E-state index in [1.165, 1.54) is 11.1 Å². The molecule has 1 aliphatic carbocycles. The molecule has 1 saturated carbocycles. The highest BCUT2D eigenvalue weighted by Crippen LogP contribution is 2.35. The van der Waals surface area contributed by atoms with E-state index in [0.29, 0.717) is 35.7 Å². The lowest BCUT2D eigenvalue weighted by atomic mass is 9.82. The highest BCUT2D eigenvalue weighted by molar-refractivity contribution is 5.99. The first-order valence-electron chi connectivity index (χ1n) is 11.8. The second-order valence-corrected chi connectivity index (χ2v) is 9.74. The van der Waals surface area contributed by atoms with E-state index in [1.54, 1.807) is 0 Å². The summed E-state index contributed by atoms with van der Waals surface area (Å²) in [5.74, 6) is 1.87. The molecule has 0 radical (unpaired) electrons. The first kappa shape index (κ1) is 20.1. The molecule has 7 nitrogen and oxygen atoms in total. The monoisotopic (exact) mass is 441 g/mol. The average Bonchev–Trinajstić information content (AvgIpc) is 3.45. The first-order chi connectivity index (χ1) is 16.0. The van der Waals surface area contributed by atoms with E-state index in [2.05, 4.69) is 34.2 Å². The zero-order valence-corrected chi connectivity index (χ0v) is 19.0. The quantitative estimate of drug-likeness (QED) is 0.502. The van der Waals surface area contributed by atoms with Crippen molar-refractivity contribution in [3.05, 3.63) is 74.8 Å². The van der Waals surface area contributed by atoms with Gasteiger partial charge in [0.25, 0.3) is 11.5 Å². The van der Waals surface area contributed by atoms with Crippen LogP contribution in [0.2, 0.25) is 0 Å². The maximum atomic E-state index is 13.4. The van der Waals surface area contributed by atoms with Crippen molar-refractivity contribution in [1.82, 2.24) is 24.5 Å². The smallest absolute Gasteiger partial charge is 0.294 e. The number of aryl methyl sites for hydroxylation is 1. The molecule has 0 bridgehead atoms. The number of nitrogens with one attached hydrogen (secondary N) is 1. The number of fused-ring (bicyclic) bond motifs is 4. The summed E-state index contributed by atoms with van der Waals surface area (Å²) >= 11 is 0. The molecule has 168 valence electrons. The number of amides is 1. The number of hydrogen-bond donors (Lipinski definition) is 1. The molecule has 0 saturated heterocycles. The molecule has 1 aliphatic heterocycles. The van der Waals surface area contributed by atoms with Gasteiger partial charge < -0.3 is 9.88 Å². The predicted molar refractivity (Wildman–Crippen MR) is 126 cm³/mol. The fourth-order valence-corrected chi connectivity index (χ4v) is 5.50. The summed E-state index contributed by atoms with van der Waals surface area (Å²) in [4.78, 5) is 31.1. The van der Waals surface area contributed by atoms with E-state index in [0.717, 1.165) is 48.5 Å². The number of carbonyl (C=O) groups is 1. The van der Waals surface area contributed by atoms with Crippen LogP contribution in [0.3, 0.4) is 0 Å². The molecule has 3 heterocycles. The Morgan fingerprint density at radius 1 is 1.03 bits per heavy atom. The minimum absolute atomic E-state index is 0.0169. The van der Waals surface area contributed by atoms with Crippen LogP contribution in [0.15, 0.2) is 41.2 Å². The average molecular weight is 442 g/mol. The van der Waals surface area contributed by atoms with Crippen molar-refractivity contribution in [2.45, 2.75) is 58.5 Å². The number of nitrogens with zero attached hydrogens (tertiary/aromatic N) is 4. The molecule has 4 aromatic rings. The van der Waals surface area contributed by atoms with Crippen LogP contribution in [0.25, 0.3) is 16.7 Å². The molecule has 1 N–H and O–H groups in total. The van der Waals surface area contributed by atoms with E-state index >= 15 is 0 Å². The molecule has 6 rings (SSSR count). The van der Waals surface area contributed by atoms with E-state index in [9.17, 15) is 9.59 Å². The van der Waals surface area contributed by atoms with Gasteiger partial charge in [0, 0.05) is 24.6 Å². The summed E-state index contributed by atoms with van der Waals surface area (Å²) in [5, 5.41) is 8.68. The Morgan fingerprint density at radius 2 is 1.73 bits per heavy atom. The van der Waals surface area contributed by atoms with Crippen LogP contribution in [-0.4, -0.2) is 30.4 Å². The molecule has 2 aromatic heterocycles. The molecule has 0 spiro atoms. The number of aromatic amines is 1. The lowest BCUT2D eigenvalue weighted by Gasteiger charge is -2.25. The van der Waals surface area contributed by atoms with Crippen LogP contribution >= 0.6 is 0 Å². The number of carbonyl (C=O) groups excluding carboxylic acids is 1. The molecule has 33 heavy (non-hydrogen) atoms. The highest BCUT2D eigenvalue weighted by atomic mass is 16.2. The Balaban J connectivity index is 1.43. The summed E-state index contributed by atoms with van der Waals surface area (Å²) in [7, 11) is 0. The molecular weight excluding hydrogens is 414 g/mol. The number of hydrogen-bond acceptors (Lipinski definition) is 4. The van der Waals surface area contributed by atoms with E-state index < -0.39 is 0 Å². The lowest BCUT2D eigenvalue weighted by Crippen LogP contribution is -2.26. The van der Waals surface area contributed by atoms with Gasteiger partial charge in [0.2, 0.25) is 5.65 Å². The largest absolute Gasteiger partial charge is 0.330 e. The maximum Gasteiger partial charge on any atom is 0.294 e. The number of aromatic nitrogens is 4. The molecule has 0 atom stereocenters. The Morgan fingerprint density at radius 3 is 2.42 bits per heavy atom. The lowest BCUT2D eigenvalue weighted by molar-refractivity contribution is 0.0751. The van der Waals surface area contributed by atoms with Crippen LogP contribution in [0.1, 0.15) is 71.4 Å². The molecule has 0 unspecified atom stereocenters. The second-order valence-electron chi connectivity index (χ2n) is 9.74. The Kier molecular flexibility index (Phi) is 4.60. The molecule has 2 aliphatic rings. The van der Waals surface area contributed by atoms with Gasteiger partial charge in [0.05, 0.1) is 11.0 Å². The molecule has 1 amide bonds. The zero-order chi connectivity index (χ0) is 22.7. The Hall–Kier alpha value is -3.48. The van der Waals surface area contributed by atoms with Crippen molar-refractivity contribution in [3.63, 3.8) is 0 Å². The molecule has 2 aromatic carbocycles. The third-order valence-corrected chi connectivity index (χ3v) is 7.46. The van der Waals surface area contributed by atoms with Crippen molar-refractivity contribution in [2.75, 3.05) is 0 Å². The number of H-pyrrole nitrogens is 1. The Bertz CT molecular complexity index is 1430. The summed E-state index contributed by atoms with van der Waals surface area (Å²) in [6.07, 6.45) is 4.44. The Labute approximate surface area is 191 Å². The van der Waals surface area contributed by atoms with Gasteiger partial charge in [0.1, 0.15) is 5.82 Å². The second kappa shape index (κ2) is 7.54. The third-order valence-electron chi connectivity index (χ3n) is 7.46. The third kappa shape index (κ3) is 3.25. The standard InChI is InChI=1S/C26H27N5O2/c1-15-7-9-17(10-8-15)23-28-29-24-25(32)27-21-12-20(16(2)11-22(21)31(23)24)26(33)30-13-18-5-3-4-6-19(18)14-30/h3-6,11-12,15,17H,7-10,13-14H2,1-2H3,(H,27,32). The van der Waals surface area contributed by atoms with Gasteiger partial charge in [-0.1, -0.05) is 44.0 Å². The van der Waals surface area contributed by atoms with Gasteiger partial charge in [-0.25, -0.2) is 0 Å². The van der Waals surface area contributed by atoms with Crippen molar-refractivity contribution in [3.8, 4) is 0 Å². The minimum Gasteiger partial charge on any atom is -0.330 e. The van der Waals surface area contributed by atoms with Crippen LogP contribution in [0, 0.1) is 12.8 Å². The first-order valence-corrected chi connectivity index (χ1v) is 11.8. The molecular formula is C26H27N5O2. The summed E-state index contributed by atoms with van der Waals surface area (Å²) < 4.78 is 1.92. The number of benzene rings is 2. The van der Waals surface area contributed by atoms with Gasteiger partial charge >= 0.3 is 0 Å². The number of rotatable bonds is 2. The fourth-order valence-electron chi connectivity index (χ4n) is 5.50. The zero-order valence-electron chi connectivity index (χ0n) is 19.0. The summed E-state index contributed by atoms with van der Waals surface area (Å²) in [6.45, 7) is 5.47. The van der Waals surface area contributed by atoms with Gasteiger partial charge in [-0.2, -0.15) is 0 Å². The van der Waals surface area contributed by atoms with Crippen LogP contribution in [0.4, 0.5) is 0 Å². The van der Waals surface area contributed by atoms with Crippen molar-refractivity contribution >= 4 is 22.6 Å². The van der Waals surface area contributed by atoms with E-state index in [1.807, 2.05) is 40.5 Å². The van der Waals surface area contributed by atoms with Crippen LogP contribution in [0.5, 0.6) is 0 Å². The predicted octanol–water partition coefficient (Wildman–Crippen LogP) is 4.33. The van der Waals surface area contributed by atoms with Crippen molar-refractivity contribution < 1.29 is 4.79 Å². The van der Waals surface area contributed by atoms with Gasteiger partial charge in [0.15, 0.2) is 0 Å². The minimum atomic E-state index is -0.277. The molecule has 7 heteroatoms. The molecule has 1 fully saturated rings. The van der Waals surface area contributed by atoms with Crippen LogP contribution < -0.4 is 5.56 Å². The highest BCUT2D eigenvalue weighted by Gasteiger charge is 2.28. The van der Waals surface area contributed by atoms with Crippen LogP contribution in [-0.2, 0) is 13.1 Å². The topological polar surface area (TPSA) is 83.4 Å². The van der Waals surface area contributed by atoms with E-state index in [-0.39, 0.29) is 11.5 Å². The SMILES string of the molecule is Cc1cc2c(cc1C(=O)N1Cc3ccccc3C1)[nH]c(=O)c1nnc(C3CCC(C)CC3)n12. The van der Waals surface area contributed by atoms with Gasteiger partial charge in [-0.15, -0.1) is 10.2 Å². The normalized spacial score (nSPS) is 20.5. The van der Waals surface area contributed by atoms with E-state index in [4.69, 9.17) is 0 Å².